The Balaban J connectivity index is 0.000000179. The Morgan fingerprint density at radius 1 is 1.39 bits per heavy atom. The molecule has 0 saturated heterocycles. The summed E-state index contributed by atoms with van der Waals surface area (Å²) in [4.78, 5) is 43.1. The average molecular weight is 450 g/mol. The maximum Gasteiger partial charge on any atom is 0.356 e. The van der Waals surface area contributed by atoms with Crippen molar-refractivity contribution in [2.45, 2.75) is 6.54 Å². The highest BCUT2D eigenvalue weighted by Crippen LogP contribution is 2.28. The van der Waals surface area contributed by atoms with Crippen LogP contribution in [0.3, 0.4) is 0 Å². The summed E-state index contributed by atoms with van der Waals surface area (Å²) in [6.45, 7) is 0.630. The maximum absolute atomic E-state index is 11.4. The van der Waals surface area contributed by atoms with Gasteiger partial charge in [-0.05, 0) is 29.5 Å². The molecule has 3 heterocycles. The Morgan fingerprint density at radius 2 is 2.16 bits per heavy atom. The van der Waals surface area contributed by atoms with E-state index in [2.05, 4.69) is 30.0 Å². The number of carbonyl (C=O) groups excluding carboxylic acids is 2. The van der Waals surface area contributed by atoms with Crippen molar-refractivity contribution in [2.75, 3.05) is 24.8 Å². The number of rotatable bonds is 4. The number of halogens is 1. The SMILES string of the molecule is COC(=O)c1cc(C(=O)O)nc2nc(N)nn12.O=C1COc2ccc(CNCl)cc2N1. The number of nitrogens with two attached hydrogens (primary N) is 1. The van der Waals surface area contributed by atoms with Crippen molar-refractivity contribution in [3.05, 3.63) is 41.2 Å². The van der Waals surface area contributed by atoms with Crippen LogP contribution in [0.2, 0.25) is 0 Å². The molecule has 5 N–H and O–H groups in total. The third-order valence-electron chi connectivity index (χ3n) is 3.89. The highest BCUT2D eigenvalue weighted by Gasteiger charge is 2.19. The number of methoxy groups -OCH3 is 1. The number of nitrogens with one attached hydrogen (secondary N) is 2. The third kappa shape index (κ3) is 4.96. The first-order valence-corrected chi connectivity index (χ1v) is 8.94. The molecule has 0 radical (unpaired) electrons. The van der Waals surface area contributed by atoms with Gasteiger partial charge in [0, 0.05) is 12.6 Å². The summed E-state index contributed by atoms with van der Waals surface area (Å²) in [5, 5.41) is 15.3. The fourth-order valence-corrected chi connectivity index (χ4v) is 2.72. The summed E-state index contributed by atoms with van der Waals surface area (Å²) in [7, 11) is 1.16. The summed E-state index contributed by atoms with van der Waals surface area (Å²) in [6.07, 6.45) is 0. The van der Waals surface area contributed by atoms with Crippen molar-refractivity contribution in [2.24, 2.45) is 0 Å². The van der Waals surface area contributed by atoms with Gasteiger partial charge in [0.05, 0.1) is 12.8 Å². The fourth-order valence-electron chi connectivity index (χ4n) is 2.56. The van der Waals surface area contributed by atoms with Gasteiger partial charge in [0.2, 0.25) is 5.95 Å². The van der Waals surface area contributed by atoms with Crippen molar-refractivity contribution in [3.63, 3.8) is 0 Å². The van der Waals surface area contributed by atoms with Gasteiger partial charge in [0.1, 0.15) is 5.75 Å². The minimum absolute atomic E-state index is 0.0807. The van der Waals surface area contributed by atoms with Gasteiger partial charge in [0.15, 0.2) is 18.0 Å². The Hall–Kier alpha value is -3.97. The lowest BCUT2D eigenvalue weighted by Crippen LogP contribution is -2.25. The Bertz CT molecular complexity index is 1170. The molecule has 0 fully saturated rings. The number of fused-ring (bicyclic) bond motifs is 2. The van der Waals surface area contributed by atoms with Crippen molar-refractivity contribution in [3.8, 4) is 5.75 Å². The monoisotopic (exact) mass is 449 g/mol. The van der Waals surface area contributed by atoms with Crippen LogP contribution >= 0.6 is 11.8 Å². The summed E-state index contributed by atoms with van der Waals surface area (Å²) < 4.78 is 10.7. The van der Waals surface area contributed by atoms with Gasteiger partial charge in [-0.25, -0.2) is 19.4 Å². The number of carbonyl (C=O) groups is 3. The van der Waals surface area contributed by atoms with Crippen molar-refractivity contribution >= 4 is 47.0 Å². The lowest BCUT2D eigenvalue weighted by Gasteiger charge is -2.18. The molecule has 13 nitrogen and oxygen atoms in total. The van der Waals surface area contributed by atoms with E-state index in [0.29, 0.717) is 18.0 Å². The maximum atomic E-state index is 11.4. The van der Waals surface area contributed by atoms with Crippen LogP contribution < -0.4 is 20.6 Å². The zero-order chi connectivity index (χ0) is 22.5. The van der Waals surface area contributed by atoms with E-state index in [0.717, 1.165) is 23.3 Å². The van der Waals surface area contributed by atoms with Gasteiger partial charge >= 0.3 is 11.9 Å². The lowest BCUT2D eigenvalue weighted by molar-refractivity contribution is -0.118. The number of hydrogen-bond donors (Lipinski definition) is 4. The van der Waals surface area contributed by atoms with Crippen LogP contribution in [-0.2, 0) is 16.1 Å². The summed E-state index contributed by atoms with van der Waals surface area (Å²) in [5.74, 6) is -1.69. The molecule has 1 aliphatic rings. The first-order valence-electron chi connectivity index (χ1n) is 8.56. The number of benzene rings is 1. The van der Waals surface area contributed by atoms with Crippen LogP contribution in [0.5, 0.6) is 5.75 Å². The van der Waals surface area contributed by atoms with E-state index in [-0.39, 0.29) is 35.6 Å². The number of amides is 1. The molecular formula is C17H16ClN7O6. The van der Waals surface area contributed by atoms with E-state index in [4.69, 9.17) is 27.4 Å². The van der Waals surface area contributed by atoms with E-state index in [1.807, 2.05) is 18.2 Å². The molecule has 162 valence electrons. The van der Waals surface area contributed by atoms with Crippen LogP contribution in [0, 0.1) is 0 Å². The summed E-state index contributed by atoms with van der Waals surface area (Å²) in [6, 6.07) is 6.58. The molecule has 31 heavy (non-hydrogen) atoms. The van der Waals surface area contributed by atoms with Gasteiger partial charge in [0.25, 0.3) is 11.7 Å². The molecule has 0 saturated carbocycles. The quantitative estimate of drug-likeness (QED) is 0.320. The number of nitrogens with zero attached hydrogens (tertiary/aromatic N) is 4. The molecule has 2 aromatic heterocycles. The Labute approximate surface area is 179 Å². The average Bonchev–Trinajstić information content (AvgIpc) is 3.13. The standard InChI is InChI=1S/C9H9ClN2O2.C8H7N5O4/c10-11-4-6-1-2-8-7(3-6)12-9(13)5-14-8;1-17-6(16)4-2-3(5(14)15)10-8-11-7(9)12-13(4)8/h1-3,11H,4-5H2,(H,12,13);2H,1H3,(H2,9,12)(H,14,15). The zero-order valence-electron chi connectivity index (χ0n) is 16.0. The second kappa shape index (κ2) is 9.23. The van der Waals surface area contributed by atoms with Gasteiger partial charge in [-0.2, -0.15) is 9.50 Å². The predicted octanol–water partition coefficient (Wildman–Crippen LogP) is 0.452. The number of hydrogen-bond acceptors (Lipinski definition) is 10. The molecule has 1 aliphatic heterocycles. The van der Waals surface area contributed by atoms with E-state index in [1.54, 1.807) is 0 Å². The van der Waals surface area contributed by atoms with Crippen molar-refractivity contribution in [1.82, 2.24) is 24.4 Å². The van der Waals surface area contributed by atoms with Crippen LogP contribution in [-0.4, -0.2) is 56.3 Å². The molecule has 3 aromatic rings. The minimum atomic E-state index is -1.29. The first-order chi connectivity index (χ1) is 14.8. The minimum Gasteiger partial charge on any atom is -0.482 e. The topological polar surface area (TPSA) is 183 Å². The summed E-state index contributed by atoms with van der Waals surface area (Å²) in [5.41, 5.74) is 6.58. The van der Waals surface area contributed by atoms with Crippen LogP contribution in [0.25, 0.3) is 5.78 Å². The molecule has 0 aliphatic carbocycles. The van der Waals surface area contributed by atoms with Crippen molar-refractivity contribution < 1.29 is 29.0 Å². The number of carboxylic acid groups (broad SMARTS) is 1. The van der Waals surface area contributed by atoms with Crippen LogP contribution in [0.1, 0.15) is 26.5 Å². The number of esters is 1. The first kappa shape index (κ1) is 21.7. The number of aromatic nitrogens is 4. The number of ether oxygens (including phenoxy) is 2. The van der Waals surface area contributed by atoms with Crippen LogP contribution in [0.4, 0.5) is 11.6 Å². The van der Waals surface area contributed by atoms with E-state index < -0.39 is 11.9 Å². The molecule has 0 bridgehead atoms. The van der Waals surface area contributed by atoms with Gasteiger partial charge in [-0.15, -0.1) is 5.10 Å². The highest BCUT2D eigenvalue weighted by atomic mass is 35.5. The molecule has 1 aromatic carbocycles. The molecule has 0 unspecified atom stereocenters. The highest BCUT2D eigenvalue weighted by molar-refractivity contribution is 6.13. The second-order valence-corrected chi connectivity index (χ2v) is 6.25. The van der Waals surface area contributed by atoms with Crippen LogP contribution in [0.15, 0.2) is 24.3 Å². The molecule has 4 rings (SSSR count). The molecule has 14 heteroatoms. The number of aromatic carboxylic acids is 1. The Kier molecular flexibility index (Phi) is 6.47. The number of anilines is 2. The lowest BCUT2D eigenvalue weighted by atomic mass is 10.1. The Morgan fingerprint density at radius 3 is 2.84 bits per heavy atom. The second-order valence-electron chi connectivity index (χ2n) is 5.98. The van der Waals surface area contributed by atoms with Gasteiger partial charge in [-0.3, -0.25) is 4.79 Å². The van der Waals surface area contributed by atoms with E-state index in [9.17, 15) is 14.4 Å². The normalized spacial score (nSPS) is 12.1. The number of nitrogen functional groups attached to an aromatic ring is 1. The van der Waals surface area contributed by atoms with Gasteiger partial charge < -0.3 is 25.6 Å². The van der Waals surface area contributed by atoms with Crippen molar-refractivity contribution in [1.29, 1.82) is 0 Å². The zero-order valence-corrected chi connectivity index (χ0v) is 16.7. The smallest absolute Gasteiger partial charge is 0.356 e. The molecule has 1 amide bonds. The van der Waals surface area contributed by atoms with Gasteiger partial charge in [-0.1, -0.05) is 6.07 Å². The molecular weight excluding hydrogens is 434 g/mol. The van der Waals surface area contributed by atoms with E-state index in [1.165, 1.54) is 0 Å². The van der Waals surface area contributed by atoms with E-state index >= 15 is 0 Å². The largest absolute Gasteiger partial charge is 0.482 e. The fraction of sp³-hybridized carbons (Fsp3) is 0.176. The third-order valence-corrected chi connectivity index (χ3v) is 4.02. The molecule has 0 spiro atoms. The predicted molar refractivity (Wildman–Crippen MR) is 107 cm³/mol. The number of carboxylic acids is 1. The summed E-state index contributed by atoms with van der Waals surface area (Å²) >= 11 is 5.38. The molecule has 0 atom stereocenters.